The Kier molecular flexibility index (Phi) is 8.04. The second-order valence-corrected chi connectivity index (χ2v) is 13.3. The van der Waals surface area contributed by atoms with Crippen molar-refractivity contribution in [3.8, 4) is 79.1 Å². The van der Waals surface area contributed by atoms with Crippen molar-refractivity contribution in [2.45, 2.75) is 0 Å². The molecule has 0 aliphatic carbocycles. The fourth-order valence-corrected chi connectivity index (χ4v) is 7.05. The molecular formula is C49H31N5O. The molecule has 0 spiro atoms. The maximum atomic E-state index is 6.29. The first-order chi connectivity index (χ1) is 27.2. The molecule has 0 saturated carbocycles. The molecule has 6 heteroatoms. The van der Waals surface area contributed by atoms with E-state index < -0.39 is 0 Å². The molecule has 0 N–H and O–H groups in total. The molecule has 7 aromatic carbocycles. The Morgan fingerprint density at radius 2 is 0.673 bits per heavy atom. The van der Waals surface area contributed by atoms with Gasteiger partial charge in [0.1, 0.15) is 5.58 Å². The maximum absolute atomic E-state index is 6.29. The van der Waals surface area contributed by atoms with Crippen molar-refractivity contribution >= 4 is 22.1 Å². The SMILES string of the molecule is c1ccc(-c2nc(-c3ccccc3)nc(-c3cccc(-c4cccc(-c5cccc(-c6nc(-c7ccccc7)c7c(n6)oc6ccccc67)c5)c4)c3)n2)cc1. The highest BCUT2D eigenvalue weighted by Gasteiger charge is 2.18. The fraction of sp³-hybridized carbons (Fsp3) is 0. The first-order valence-electron chi connectivity index (χ1n) is 18.2. The van der Waals surface area contributed by atoms with E-state index in [1.807, 2.05) is 97.1 Å². The summed E-state index contributed by atoms with van der Waals surface area (Å²) in [7, 11) is 0. The highest BCUT2D eigenvalue weighted by molar-refractivity contribution is 6.10. The van der Waals surface area contributed by atoms with Gasteiger partial charge in [0, 0.05) is 33.2 Å². The van der Waals surface area contributed by atoms with Gasteiger partial charge in [0.2, 0.25) is 5.71 Å². The topological polar surface area (TPSA) is 77.6 Å². The summed E-state index contributed by atoms with van der Waals surface area (Å²) < 4.78 is 6.29. The molecule has 10 aromatic rings. The number of nitrogens with zero attached hydrogens (tertiary/aromatic N) is 5. The molecule has 10 rings (SSSR count). The lowest BCUT2D eigenvalue weighted by molar-refractivity contribution is 0.653. The molecule has 0 atom stereocenters. The third kappa shape index (κ3) is 6.22. The maximum Gasteiger partial charge on any atom is 0.231 e. The third-order valence-electron chi connectivity index (χ3n) is 9.76. The molecule has 0 radical (unpaired) electrons. The summed E-state index contributed by atoms with van der Waals surface area (Å²) in [6, 6.07) is 63.7. The minimum atomic E-state index is 0.572. The van der Waals surface area contributed by atoms with Crippen LogP contribution in [0.2, 0.25) is 0 Å². The average Bonchev–Trinajstić information content (AvgIpc) is 3.66. The van der Waals surface area contributed by atoms with Crippen LogP contribution < -0.4 is 0 Å². The highest BCUT2D eigenvalue weighted by Crippen LogP contribution is 2.37. The van der Waals surface area contributed by atoms with Gasteiger partial charge in [-0.25, -0.2) is 19.9 Å². The first-order valence-corrected chi connectivity index (χ1v) is 18.2. The van der Waals surface area contributed by atoms with Crippen LogP contribution in [0.15, 0.2) is 192 Å². The summed E-state index contributed by atoms with van der Waals surface area (Å²) >= 11 is 0. The second-order valence-electron chi connectivity index (χ2n) is 13.3. The normalized spacial score (nSPS) is 11.3. The van der Waals surface area contributed by atoms with Gasteiger partial charge in [0.05, 0.1) is 11.1 Å². The van der Waals surface area contributed by atoms with Crippen LogP contribution in [0, 0.1) is 0 Å². The van der Waals surface area contributed by atoms with Gasteiger partial charge in [0.25, 0.3) is 0 Å². The van der Waals surface area contributed by atoms with Crippen LogP contribution >= 0.6 is 0 Å². The van der Waals surface area contributed by atoms with Gasteiger partial charge >= 0.3 is 0 Å². The summed E-state index contributed by atoms with van der Waals surface area (Å²) in [4.78, 5) is 24.9. The van der Waals surface area contributed by atoms with Crippen molar-refractivity contribution in [3.63, 3.8) is 0 Å². The first kappa shape index (κ1) is 32.1. The van der Waals surface area contributed by atoms with Crippen LogP contribution in [0.5, 0.6) is 0 Å². The van der Waals surface area contributed by atoms with E-state index in [0.29, 0.717) is 29.0 Å². The number of rotatable bonds is 7. The number of aromatic nitrogens is 5. The molecule has 0 aliphatic heterocycles. The zero-order valence-electron chi connectivity index (χ0n) is 29.5. The lowest BCUT2D eigenvalue weighted by Gasteiger charge is -2.11. The molecule has 0 amide bonds. The molecule has 3 aromatic heterocycles. The average molecular weight is 706 g/mol. The molecule has 258 valence electrons. The predicted molar refractivity (Wildman–Crippen MR) is 221 cm³/mol. The van der Waals surface area contributed by atoms with Gasteiger partial charge in [-0.1, -0.05) is 164 Å². The molecule has 6 nitrogen and oxygen atoms in total. The van der Waals surface area contributed by atoms with Gasteiger partial charge < -0.3 is 4.42 Å². The van der Waals surface area contributed by atoms with Crippen LogP contribution in [0.4, 0.5) is 0 Å². The Morgan fingerprint density at radius 1 is 0.291 bits per heavy atom. The number of hydrogen-bond donors (Lipinski definition) is 0. The smallest absolute Gasteiger partial charge is 0.231 e. The number of para-hydroxylation sites is 1. The van der Waals surface area contributed by atoms with Crippen molar-refractivity contribution < 1.29 is 4.42 Å². The van der Waals surface area contributed by atoms with Crippen LogP contribution in [0.3, 0.4) is 0 Å². The van der Waals surface area contributed by atoms with E-state index in [2.05, 4.69) is 91.0 Å². The van der Waals surface area contributed by atoms with Crippen molar-refractivity contribution in [1.82, 2.24) is 24.9 Å². The zero-order valence-corrected chi connectivity index (χ0v) is 29.5. The van der Waals surface area contributed by atoms with Gasteiger partial charge in [-0.15, -0.1) is 0 Å². The van der Waals surface area contributed by atoms with Crippen LogP contribution in [-0.4, -0.2) is 24.9 Å². The number of hydrogen-bond acceptors (Lipinski definition) is 6. The number of fused-ring (bicyclic) bond motifs is 3. The standard InChI is InChI=1S/C49H31N5O/c1-4-15-32(16-5-1)44-43-41-27-10-11-28-42(41)55-49(43)54-47(50-44)39-25-13-23-37(30-39)35-21-12-22-36(29-35)38-24-14-26-40(31-38)48-52-45(33-17-6-2-7-18-33)51-46(53-48)34-19-8-3-9-20-34/h1-31H. The quantitative estimate of drug-likeness (QED) is 0.164. The lowest BCUT2D eigenvalue weighted by atomic mass is 9.97. The van der Waals surface area contributed by atoms with E-state index in [0.717, 1.165) is 72.1 Å². The number of benzene rings is 7. The van der Waals surface area contributed by atoms with E-state index in [4.69, 9.17) is 29.3 Å². The Balaban J connectivity index is 1.03. The van der Waals surface area contributed by atoms with E-state index in [1.165, 1.54) is 0 Å². The van der Waals surface area contributed by atoms with E-state index in [9.17, 15) is 0 Å². The van der Waals surface area contributed by atoms with Crippen LogP contribution in [-0.2, 0) is 0 Å². The number of furan rings is 1. The fourth-order valence-electron chi connectivity index (χ4n) is 7.05. The van der Waals surface area contributed by atoms with Crippen molar-refractivity contribution in [3.05, 3.63) is 188 Å². The van der Waals surface area contributed by atoms with Crippen LogP contribution in [0.25, 0.3) is 101 Å². The minimum Gasteiger partial charge on any atom is -0.438 e. The summed E-state index contributed by atoms with van der Waals surface area (Å²) in [5, 5.41) is 1.92. The Hall–Kier alpha value is -7.57. The third-order valence-corrected chi connectivity index (χ3v) is 9.76. The molecule has 0 saturated heterocycles. The Bertz CT molecular complexity index is 2920. The van der Waals surface area contributed by atoms with Crippen molar-refractivity contribution in [1.29, 1.82) is 0 Å². The second kappa shape index (κ2) is 13.8. The van der Waals surface area contributed by atoms with Gasteiger partial charge in [-0.3, -0.25) is 0 Å². The molecule has 3 heterocycles. The van der Waals surface area contributed by atoms with E-state index >= 15 is 0 Å². The van der Waals surface area contributed by atoms with E-state index in [1.54, 1.807) is 0 Å². The lowest BCUT2D eigenvalue weighted by Crippen LogP contribution is -2.00. The molecule has 0 aliphatic rings. The Labute approximate surface area is 317 Å². The predicted octanol–water partition coefficient (Wildman–Crippen LogP) is 12.2. The van der Waals surface area contributed by atoms with Crippen molar-refractivity contribution in [2.75, 3.05) is 0 Å². The summed E-state index contributed by atoms with van der Waals surface area (Å²) in [6.07, 6.45) is 0. The highest BCUT2D eigenvalue weighted by atomic mass is 16.3. The molecule has 55 heavy (non-hydrogen) atoms. The van der Waals surface area contributed by atoms with Gasteiger partial charge in [0.15, 0.2) is 23.3 Å². The van der Waals surface area contributed by atoms with E-state index in [-0.39, 0.29) is 0 Å². The zero-order chi connectivity index (χ0) is 36.6. The van der Waals surface area contributed by atoms with Gasteiger partial charge in [-0.05, 0) is 46.5 Å². The summed E-state index contributed by atoms with van der Waals surface area (Å²) in [5.41, 5.74) is 11.2. The molecule has 0 fully saturated rings. The van der Waals surface area contributed by atoms with Gasteiger partial charge in [-0.2, -0.15) is 4.98 Å². The molecule has 0 unspecified atom stereocenters. The minimum absolute atomic E-state index is 0.572. The summed E-state index contributed by atoms with van der Waals surface area (Å²) in [6.45, 7) is 0. The monoisotopic (exact) mass is 705 g/mol. The van der Waals surface area contributed by atoms with Crippen molar-refractivity contribution in [2.24, 2.45) is 0 Å². The van der Waals surface area contributed by atoms with Crippen LogP contribution in [0.1, 0.15) is 0 Å². The summed E-state index contributed by atoms with van der Waals surface area (Å²) in [5.74, 6) is 2.50. The molecule has 0 bridgehead atoms. The molecular weight excluding hydrogens is 675 g/mol. The largest absolute Gasteiger partial charge is 0.438 e. The Morgan fingerprint density at radius 3 is 1.20 bits per heavy atom.